The third-order valence-corrected chi connectivity index (χ3v) is 5.07. The fourth-order valence-electron chi connectivity index (χ4n) is 2.51. The lowest BCUT2D eigenvalue weighted by Gasteiger charge is -2.18. The van der Waals surface area contributed by atoms with Gasteiger partial charge >= 0.3 is 5.97 Å². The Morgan fingerprint density at radius 3 is 3.04 bits per heavy atom. The number of nitrogens with zero attached hydrogens (tertiary/aromatic N) is 1. The van der Waals surface area contributed by atoms with Crippen molar-refractivity contribution < 1.29 is 24.2 Å². The number of methoxy groups -OCH3 is 1. The zero-order valence-corrected chi connectivity index (χ0v) is 15.0. The number of para-hydroxylation sites is 1. The van der Waals surface area contributed by atoms with Crippen molar-refractivity contribution >= 4 is 46.3 Å². The van der Waals surface area contributed by atoms with E-state index in [1.807, 2.05) is 24.3 Å². The van der Waals surface area contributed by atoms with Crippen molar-refractivity contribution in [3.63, 3.8) is 0 Å². The van der Waals surface area contributed by atoms with E-state index in [9.17, 15) is 9.59 Å². The average Bonchev–Trinajstić information content (AvgIpc) is 2.85. The Hall–Kier alpha value is -2.32. The summed E-state index contributed by atoms with van der Waals surface area (Å²) in [5, 5.41) is 8.77. The Bertz CT molecular complexity index is 815. The molecule has 6 nitrogen and oxygen atoms in total. The molecule has 2 aliphatic rings. The van der Waals surface area contributed by atoms with Crippen molar-refractivity contribution in [3.8, 4) is 11.5 Å². The summed E-state index contributed by atoms with van der Waals surface area (Å²) in [6.07, 6.45) is 3.53. The Balaban J connectivity index is 1.81. The number of carbonyl (C=O) groups is 2. The zero-order chi connectivity index (χ0) is 18.0. The second-order valence-electron chi connectivity index (χ2n) is 5.36. The number of carbonyl (C=O) groups excluding carboxylic acids is 1. The molecule has 25 heavy (non-hydrogen) atoms. The summed E-state index contributed by atoms with van der Waals surface area (Å²) >= 11 is 6.35. The van der Waals surface area contributed by atoms with Crippen LogP contribution in [0.5, 0.6) is 11.5 Å². The molecule has 0 radical (unpaired) electrons. The SMILES string of the molecule is COc1cccc2c1OCC(C=C1SC(=S)N(CCC(=O)O)C1=O)=C2. The minimum Gasteiger partial charge on any atom is -0.493 e. The van der Waals surface area contributed by atoms with Gasteiger partial charge in [0, 0.05) is 12.1 Å². The van der Waals surface area contributed by atoms with Crippen LogP contribution >= 0.6 is 24.0 Å². The van der Waals surface area contributed by atoms with E-state index in [-0.39, 0.29) is 18.9 Å². The molecular formula is C17H15NO5S2. The van der Waals surface area contributed by atoms with Crippen LogP contribution in [0.2, 0.25) is 0 Å². The Labute approximate surface area is 154 Å². The first-order valence-electron chi connectivity index (χ1n) is 7.47. The van der Waals surface area contributed by atoms with Gasteiger partial charge in [-0.3, -0.25) is 14.5 Å². The van der Waals surface area contributed by atoms with Crippen LogP contribution in [0, 0.1) is 0 Å². The maximum atomic E-state index is 12.4. The van der Waals surface area contributed by atoms with Crippen LogP contribution in [0.4, 0.5) is 0 Å². The molecule has 2 aliphatic heterocycles. The van der Waals surface area contributed by atoms with Gasteiger partial charge in [0.05, 0.1) is 18.4 Å². The fourth-order valence-corrected chi connectivity index (χ4v) is 3.83. The number of fused-ring (bicyclic) bond motifs is 1. The van der Waals surface area contributed by atoms with Crippen molar-refractivity contribution in [1.82, 2.24) is 4.90 Å². The number of hydrogen-bond acceptors (Lipinski definition) is 6. The van der Waals surface area contributed by atoms with Crippen molar-refractivity contribution in [2.24, 2.45) is 0 Å². The fraction of sp³-hybridized carbons (Fsp3) is 0.235. The van der Waals surface area contributed by atoms with E-state index in [2.05, 4.69) is 0 Å². The summed E-state index contributed by atoms with van der Waals surface area (Å²) in [6, 6.07) is 5.60. The molecule has 0 saturated carbocycles. The van der Waals surface area contributed by atoms with Gasteiger partial charge in [-0.25, -0.2) is 0 Å². The number of aliphatic carboxylic acids is 1. The molecule has 1 N–H and O–H groups in total. The highest BCUT2D eigenvalue weighted by molar-refractivity contribution is 8.26. The molecule has 0 bridgehead atoms. The van der Waals surface area contributed by atoms with Gasteiger partial charge in [0.15, 0.2) is 11.5 Å². The van der Waals surface area contributed by atoms with Crippen LogP contribution in [0.1, 0.15) is 12.0 Å². The van der Waals surface area contributed by atoms with E-state index in [0.29, 0.717) is 27.3 Å². The second kappa shape index (κ2) is 7.28. The molecule has 1 saturated heterocycles. The Morgan fingerprint density at radius 1 is 1.52 bits per heavy atom. The number of ether oxygens (including phenoxy) is 2. The van der Waals surface area contributed by atoms with Crippen molar-refractivity contribution in [1.29, 1.82) is 0 Å². The molecule has 0 spiro atoms. The molecule has 3 rings (SSSR count). The molecule has 8 heteroatoms. The largest absolute Gasteiger partial charge is 0.493 e. The smallest absolute Gasteiger partial charge is 0.305 e. The molecule has 0 aromatic heterocycles. The van der Waals surface area contributed by atoms with Gasteiger partial charge in [-0.15, -0.1) is 0 Å². The number of amides is 1. The molecule has 1 amide bonds. The number of carboxylic acids is 1. The minimum atomic E-state index is -0.966. The van der Waals surface area contributed by atoms with Gasteiger partial charge in [-0.1, -0.05) is 36.1 Å². The highest BCUT2D eigenvalue weighted by atomic mass is 32.2. The molecule has 1 aromatic rings. The summed E-state index contributed by atoms with van der Waals surface area (Å²) in [5.74, 6) is 0.101. The third kappa shape index (κ3) is 3.69. The standard InChI is InChI=1S/C17H15NO5S2/c1-22-12-4-2-3-11-7-10(9-23-15(11)12)8-13-16(21)18(17(24)25-13)6-5-14(19)20/h2-4,7-8H,5-6,9H2,1H3,(H,19,20). The topological polar surface area (TPSA) is 76.1 Å². The lowest BCUT2D eigenvalue weighted by Crippen LogP contribution is -2.30. The number of thiocarbonyl (C=S) groups is 1. The number of carboxylic acid groups (broad SMARTS) is 1. The van der Waals surface area contributed by atoms with Gasteiger partial charge in [0.2, 0.25) is 0 Å². The maximum absolute atomic E-state index is 12.4. The minimum absolute atomic E-state index is 0.0763. The van der Waals surface area contributed by atoms with E-state index < -0.39 is 5.97 Å². The van der Waals surface area contributed by atoms with Gasteiger partial charge in [-0.05, 0) is 23.8 Å². The van der Waals surface area contributed by atoms with E-state index >= 15 is 0 Å². The number of hydrogen-bond donors (Lipinski definition) is 1. The summed E-state index contributed by atoms with van der Waals surface area (Å²) < 4.78 is 11.4. The summed E-state index contributed by atoms with van der Waals surface area (Å²) in [6.45, 7) is 0.388. The predicted molar refractivity (Wildman–Crippen MR) is 98.7 cm³/mol. The molecule has 0 unspecified atom stereocenters. The first-order chi connectivity index (χ1) is 12.0. The summed E-state index contributed by atoms with van der Waals surface area (Å²) in [4.78, 5) is 24.9. The van der Waals surface area contributed by atoms with Gasteiger partial charge in [0.25, 0.3) is 5.91 Å². The number of rotatable bonds is 5. The van der Waals surface area contributed by atoms with Crippen LogP contribution in [-0.2, 0) is 9.59 Å². The van der Waals surface area contributed by atoms with Crippen molar-refractivity contribution in [3.05, 3.63) is 40.3 Å². The molecular weight excluding hydrogens is 362 g/mol. The average molecular weight is 377 g/mol. The first kappa shape index (κ1) is 17.5. The lowest BCUT2D eigenvalue weighted by molar-refractivity contribution is -0.137. The highest BCUT2D eigenvalue weighted by Gasteiger charge is 2.32. The number of benzene rings is 1. The second-order valence-corrected chi connectivity index (χ2v) is 7.04. The third-order valence-electron chi connectivity index (χ3n) is 3.69. The molecule has 0 aliphatic carbocycles. The quantitative estimate of drug-likeness (QED) is 0.624. The van der Waals surface area contributed by atoms with E-state index in [0.717, 1.165) is 11.1 Å². The van der Waals surface area contributed by atoms with E-state index in [1.165, 1.54) is 16.7 Å². The number of thioether (sulfide) groups is 1. The highest BCUT2D eigenvalue weighted by Crippen LogP contribution is 2.37. The molecule has 1 aromatic carbocycles. The van der Waals surface area contributed by atoms with Gasteiger partial charge < -0.3 is 14.6 Å². The monoisotopic (exact) mass is 377 g/mol. The molecule has 130 valence electrons. The Kier molecular flexibility index (Phi) is 5.10. The van der Waals surface area contributed by atoms with Crippen LogP contribution < -0.4 is 9.47 Å². The van der Waals surface area contributed by atoms with Gasteiger partial charge in [0.1, 0.15) is 10.9 Å². The van der Waals surface area contributed by atoms with Crippen LogP contribution in [0.3, 0.4) is 0 Å². The van der Waals surface area contributed by atoms with Crippen LogP contribution in [0.25, 0.3) is 6.08 Å². The maximum Gasteiger partial charge on any atom is 0.305 e. The van der Waals surface area contributed by atoms with E-state index in [1.54, 1.807) is 13.2 Å². The molecule has 0 atom stereocenters. The van der Waals surface area contributed by atoms with E-state index in [4.69, 9.17) is 26.8 Å². The summed E-state index contributed by atoms with van der Waals surface area (Å²) in [7, 11) is 1.58. The van der Waals surface area contributed by atoms with Crippen molar-refractivity contribution in [2.45, 2.75) is 6.42 Å². The van der Waals surface area contributed by atoms with Crippen LogP contribution in [0.15, 0.2) is 34.8 Å². The normalized spacial score (nSPS) is 18.0. The summed E-state index contributed by atoms with van der Waals surface area (Å²) in [5.41, 5.74) is 1.71. The predicted octanol–water partition coefficient (Wildman–Crippen LogP) is 2.69. The van der Waals surface area contributed by atoms with Crippen LogP contribution in [-0.4, -0.2) is 46.5 Å². The van der Waals surface area contributed by atoms with Gasteiger partial charge in [-0.2, -0.15) is 0 Å². The zero-order valence-electron chi connectivity index (χ0n) is 13.4. The Morgan fingerprint density at radius 2 is 2.32 bits per heavy atom. The first-order valence-corrected chi connectivity index (χ1v) is 8.69. The molecule has 2 heterocycles. The lowest BCUT2D eigenvalue weighted by atomic mass is 10.1. The molecule has 1 fully saturated rings. The van der Waals surface area contributed by atoms with Crippen molar-refractivity contribution in [2.75, 3.05) is 20.3 Å².